The first kappa shape index (κ1) is 16.5. The third-order valence-electron chi connectivity index (χ3n) is 4.41. The minimum absolute atomic E-state index is 0.640. The van der Waals surface area contributed by atoms with E-state index in [1.54, 1.807) is 0 Å². The Bertz CT molecular complexity index is 238. The fourth-order valence-corrected chi connectivity index (χ4v) is 3.20. The third kappa shape index (κ3) is 7.57. The van der Waals surface area contributed by atoms with Gasteiger partial charge in [-0.05, 0) is 25.8 Å². The molecule has 0 radical (unpaired) electrons. The molecule has 19 heavy (non-hydrogen) atoms. The van der Waals surface area contributed by atoms with E-state index in [4.69, 9.17) is 5.26 Å². The molecule has 110 valence electrons. The molecule has 1 aliphatic rings. The van der Waals surface area contributed by atoms with Crippen LogP contribution in [0.4, 0.5) is 0 Å². The lowest BCUT2D eigenvalue weighted by atomic mass is 10.1. The van der Waals surface area contributed by atoms with Gasteiger partial charge in [0, 0.05) is 6.04 Å². The lowest BCUT2D eigenvalue weighted by molar-refractivity contribution is 0.217. The largest absolute Gasteiger partial charge is 0.288 e. The Hall–Kier alpha value is -0.550. The van der Waals surface area contributed by atoms with E-state index in [1.165, 1.54) is 77.0 Å². The molecule has 0 aromatic carbocycles. The first-order valence-electron chi connectivity index (χ1n) is 8.49. The second-order valence-electron chi connectivity index (χ2n) is 6.04. The van der Waals surface area contributed by atoms with E-state index in [1.807, 2.05) is 0 Å². The molecular formula is C17H32N2. The van der Waals surface area contributed by atoms with Crippen molar-refractivity contribution in [3.63, 3.8) is 0 Å². The summed E-state index contributed by atoms with van der Waals surface area (Å²) in [5.74, 6) is 0. The van der Waals surface area contributed by atoms with Crippen molar-refractivity contribution in [2.24, 2.45) is 0 Å². The standard InChI is InChI=1S/C17H32N2/c1-2-3-4-5-6-7-8-11-15-19(16-14-18)17-12-9-10-13-17/h17H,2-13,15-16H2,1H3. The predicted octanol–water partition coefficient (Wildman–Crippen LogP) is 4.90. The van der Waals surface area contributed by atoms with Gasteiger partial charge in [-0.1, -0.05) is 64.7 Å². The lowest BCUT2D eigenvalue weighted by Crippen LogP contribution is -2.34. The van der Waals surface area contributed by atoms with Crippen LogP contribution in [0.3, 0.4) is 0 Å². The van der Waals surface area contributed by atoms with Crippen LogP contribution >= 0.6 is 0 Å². The van der Waals surface area contributed by atoms with Gasteiger partial charge >= 0.3 is 0 Å². The summed E-state index contributed by atoms with van der Waals surface area (Å²) in [5.41, 5.74) is 0. The van der Waals surface area contributed by atoms with Crippen LogP contribution < -0.4 is 0 Å². The van der Waals surface area contributed by atoms with Gasteiger partial charge in [-0.3, -0.25) is 4.90 Å². The summed E-state index contributed by atoms with van der Waals surface area (Å²) in [6.45, 7) is 4.06. The quantitative estimate of drug-likeness (QED) is 0.392. The maximum absolute atomic E-state index is 8.93. The average Bonchev–Trinajstić information content (AvgIpc) is 2.94. The van der Waals surface area contributed by atoms with Gasteiger partial charge in [0.2, 0.25) is 0 Å². The van der Waals surface area contributed by atoms with Crippen LogP contribution in [-0.2, 0) is 0 Å². The van der Waals surface area contributed by atoms with Gasteiger partial charge in [0.25, 0.3) is 0 Å². The van der Waals surface area contributed by atoms with Crippen LogP contribution in [-0.4, -0.2) is 24.0 Å². The van der Waals surface area contributed by atoms with Crippen LogP contribution in [0, 0.1) is 11.3 Å². The summed E-state index contributed by atoms with van der Waals surface area (Å²) in [7, 11) is 0. The third-order valence-corrected chi connectivity index (χ3v) is 4.41. The van der Waals surface area contributed by atoms with E-state index >= 15 is 0 Å². The molecule has 1 rings (SSSR count). The highest BCUT2D eigenvalue weighted by atomic mass is 15.1. The monoisotopic (exact) mass is 264 g/mol. The van der Waals surface area contributed by atoms with Crippen molar-refractivity contribution in [3.05, 3.63) is 0 Å². The number of hydrogen-bond acceptors (Lipinski definition) is 2. The summed E-state index contributed by atoms with van der Waals surface area (Å²) >= 11 is 0. The molecule has 0 bridgehead atoms. The predicted molar refractivity (Wildman–Crippen MR) is 82.1 cm³/mol. The molecule has 0 amide bonds. The van der Waals surface area contributed by atoms with E-state index in [0.29, 0.717) is 12.6 Å². The molecule has 0 aliphatic heterocycles. The Balaban J connectivity index is 2.00. The minimum Gasteiger partial charge on any atom is -0.288 e. The molecule has 1 fully saturated rings. The van der Waals surface area contributed by atoms with Crippen LogP contribution in [0.15, 0.2) is 0 Å². The molecule has 0 aromatic heterocycles. The second kappa shape index (κ2) is 11.3. The van der Waals surface area contributed by atoms with Gasteiger partial charge in [-0.2, -0.15) is 5.26 Å². The molecule has 0 spiro atoms. The molecule has 0 aromatic rings. The van der Waals surface area contributed by atoms with Crippen LogP contribution in [0.1, 0.15) is 84.0 Å². The summed E-state index contributed by atoms with van der Waals surface area (Å²) < 4.78 is 0. The number of nitrogens with zero attached hydrogens (tertiary/aromatic N) is 2. The molecule has 2 nitrogen and oxygen atoms in total. The Labute approximate surface area is 120 Å². The zero-order valence-corrected chi connectivity index (χ0v) is 12.9. The van der Waals surface area contributed by atoms with Crippen molar-refractivity contribution in [2.45, 2.75) is 90.0 Å². The molecule has 0 N–H and O–H groups in total. The minimum atomic E-state index is 0.640. The van der Waals surface area contributed by atoms with Crippen LogP contribution in [0.2, 0.25) is 0 Å². The van der Waals surface area contributed by atoms with Gasteiger partial charge in [0.15, 0.2) is 0 Å². The van der Waals surface area contributed by atoms with Crippen molar-refractivity contribution < 1.29 is 0 Å². The van der Waals surface area contributed by atoms with Crippen molar-refractivity contribution in [1.29, 1.82) is 5.26 Å². The Morgan fingerprint density at radius 1 is 0.947 bits per heavy atom. The average molecular weight is 264 g/mol. The summed E-state index contributed by atoms with van der Waals surface area (Å²) in [4.78, 5) is 2.43. The van der Waals surface area contributed by atoms with E-state index in [0.717, 1.165) is 6.54 Å². The van der Waals surface area contributed by atoms with Crippen molar-refractivity contribution in [3.8, 4) is 6.07 Å². The molecule has 1 aliphatic carbocycles. The van der Waals surface area contributed by atoms with E-state index in [9.17, 15) is 0 Å². The maximum atomic E-state index is 8.93. The molecule has 0 atom stereocenters. The smallest absolute Gasteiger partial charge is 0.0868 e. The number of nitriles is 1. The molecule has 0 heterocycles. The highest BCUT2D eigenvalue weighted by Gasteiger charge is 2.21. The second-order valence-corrected chi connectivity index (χ2v) is 6.04. The molecular weight excluding hydrogens is 232 g/mol. The normalized spacial score (nSPS) is 16.1. The Morgan fingerprint density at radius 3 is 2.11 bits per heavy atom. The summed E-state index contributed by atoms with van der Waals surface area (Å²) in [6.07, 6.45) is 16.4. The zero-order chi connectivity index (χ0) is 13.8. The molecule has 2 heteroatoms. The van der Waals surface area contributed by atoms with Gasteiger partial charge in [-0.25, -0.2) is 0 Å². The zero-order valence-electron chi connectivity index (χ0n) is 12.9. The maximum Gasteiger partial charge on any atom is 0.0868 e. The molecule has 0 saturated heterocycles. The van der Waals surface area contributed by atoms with E-state index in [-0.39, 0.29) is 0 Å². The van der Waals surface area contributed by atoms with Gasteiger partial charge in [-0.15, -0.1) is 0 Å². The van der Waals surface area contributed by atoms with Gasteiger partial charge < -0.3 is 0 Å². The molecule has 0 unspecified atom stereocenters. The van der Waals surface area contributed by atoms with E-state index < -0.39 is 0 Å². The van der Waals surface area contributed by atoms with E-state index in [2.05, 4.69) is 17.9 Å². The summed E-state index contributed by atoms with van der Waals surface area (Å²) in [5, 5.41) is 8.93. The van der Waals surface area contributed by atoms with Gasteiger partial charge in [0.05, 0.1) is 12.6 Å². The van der Waals surface area contributed by atoms with Crippen molar-refractivity contribution in [1.82, 2.24) is 4.90 Å². The fourth-order valence-electron chi connectivity index (χ4n) is 3.20. The molecule has 1 saturated carbocycles. The van der Waals surface area contributed by atoms with Crippen molar-refractivity contribution >= 4 is 0 Å². The highest BCUT2D eigenvalue weighted by Crippen LogP contribution is 2.23. The number of rotatable bonds is 11. The van der Waals surface area contributed by atoms with Crippen LogP contribution in [0.5, 0.6) is 0 Å². The van der Waals surface area contributed by atoms with Crippen molar-refractivity contribution in [2.75, 3.05) is 13.1 Å². The first-order chi connectivity index (χ1) is 9.38. The summed E-state index contributed by atoms with van der Waals surface area (Å²) in [6, 6.07) is 3.06. The SMILES string of the molecule is CCCCCCCCCCN(CC#N)C1CCCC1. The lowest BCUT2D eigenvalue weighted by Gasteiger charge is -2.26. The van der Waals surface area contributed by atoms with Gasteiger partial charge in [0.1, 0.15) is 0 Å². The fraction of sp³-hybridized carbons (Fsp3) is 0.941. The highest BCUT2D eigenvalue weighted by molar-refractivity contribution is 4.84. The first-order valence-corrected chi connectivity index (χ1v) is 8.49. The van der Waals surface area contributed by atoms with Crippen LogP contribution in [0.25, 0.3) is 0 Å². The number of unbranched alkanes of at least 4 members (excludes halogenated alkanes) is 7. The Kier molecular flexibility index (Phi) is 9.81. The Morgan fingerprint density at radius 2 is 1.53 bits per heavy atom. The number of hydrogen-bond donors (Lipinski definition) is 0. The topological polar surface area (TPSA) is 27.0 Å².